The molecule has 2 aliphatic rings. The molecule has 2 aromatic carbocycles. The number of nitrogens with zero attached hydrogens (tertiary/aromatic N) is 3. The second kappa shape index (κ2) is 10.2. The molecular formula is C29H34N4O3. The van der Waals surface area contributed by atoms with Gasteiger partial charge in [0, 0.05) is 18.2 Å². The molecule has 188 valence electrons. The largest absolute Gasteiger partial charge is 0.497 e. The molecule has 3 aromatic rings. The predicted octanol–water partition coefficient (Wildman–Crippen LogP) is 4.81. The highest BCUT2D eigenvalue weighted by Gasteiger charge is 2.48. The topological polar surface area (TPSA) is 76.5 Å². The molecular weight excluding hydrogens is 452 g/mol. The number of methoxy groups -OCH3 is 1. The van der Waals surface area contributed by atoms with E-state index in [1.165, 1.54) is 12.8 Å². The van der Waals surface area contributed by atoms with Crippen molar-refractivity contribution < 1.29 is 14.3 Å². The number of amides is 2. The van der Waals surface area contributed by atoms with Crippen LogP contribution < -0.4 is 10.1 Å². The number of aromatic nitrogens is 2. The minimum absolute atomic E-state index is 0.106. The van der Waals surface area contributed by atoms with Crippen molar-refractivity contribution in [3.8, 4) is 17.0 Å². The lowest BCUT2D eigenvalue weighted by molar-refractivity contribution is -0.134. The normalized spacial score (nSPS) is 20.5. The molecule has 7 nitrogen and oxygen atoms in total. The van der Waals surface area contributed by atoms with E-state index in [-0.39, 0.29) is 17.9 Å². The molecule has 1 saturated carbocycles. The first kappa shape index (κ1) is 24.1. The van der Waals surface area contributed by atoms with Crippen molar-refractivity contribution in [1.82, 2.24) is 20.0 Å². The van der Waals surface area contributed by atoms with Gasteiger partial charge < -0.3 is 15.0 Å². The van der Waals surface area contributed by atoms with Gasteiger partial charge in [-0.1, -0.05) is 56.0 Å². The number of hydrogen-bond acceptors (Lipinski definition) is 4. The zero-order chi connectivity index (χ0) is 25.1. The van der Waals surface area contributed by atoms with E-state index in [1.54, 1.807) is 16.7 Å². The van der Waals surface area contributed by atoms with E-state index in [2.05, 4.69) is 5.32 Å². The molecule has 1 atom stereocenters. The van der Waals surface area contributed by atoms with Crippen molar-refractivity contribution in [1.29, 1.82) is 0 Å². The van der Waals surface area contributed by atoms with Gasteiger partial charge in [0.25, 0.3) is 5.91 Å². The Morgan fingerprint density at radius 3 is 2.42 bits per heavy atom. The first-order valence-electron chi connectivity index (χ1n) is 12.9. The van der Waals surface area contributed by atoms with E-state index in [4.69, 9.17) is 9.84 Å². The van der Waals surface area contributed by atoms with E-state index < -0.39 is 5.54 Å². The zero-order valence-corrected chi connectivity index (χ0v) is 21.1. The van der Waals surface area contributed by atoms with Gasteiger partial charge in [-0.3, -0.25) is 14.3 Å². The maximum Gasteiger partial charge on any atom is 0.273 e. The molecule has 0 radical (unpaired) electrons. The molecule has 36 heavy (non-hydrogen) atoms. The predicted molar refractivity (Wildman–Crippen MR) is 139 cm³/mol. The minimum Gasteiger partial charge on any atom is -0.497 e. The lowest BCUT2D eigenvalue weighted by atomic mass is 9.93. The van der Waals surface area contributed by atoms with Crippen molar-refractivity contribution in [2.24, 2.45) is 0 Å². The summed E-state index contributed by atoms with van der Waals surface area (Å²) in [5.41, 5.74) is 2.02. The van der Waals surface area contributed by atoms with Crippen LogP contribution in [0.2, 0.25) is 0 Å². The Hall–Kier alpha value is -3.61. The molecule has 0 unspecified atom stereocenters. The monoisotopic (exact) mass is 486 g/mol. The number of rotatable bonds is 6. The first-order chi connectivity index (χ1) is 17.5. The molecule has 1 aromatic heterocycles. The van der Waals surface area contributed by atoms with Gasteiger partial charge in [-0.25, -0.2) is 0 Å². The summed E-state index contributed by atoms with van der Waals surface area (Å²) in [6.07, 6.45) is 6.66. The summed E-state index contributed by atoms with van der Waals surface area (Å²) in [6.45, 7) is 2.53. The van der Waals surface area contributed by atoms with Crippen LogP contribution in [0.3, 0.4) is 0 Å². The van der Waals surface area contributed by atoms with Crippen LogP contribution in [0.15, 0.2) is 60.7 Å². The van der Waals surface area contributed by atoms with Gasteiger partial charge >= 0.3 is 0 Å². The molecule has 7 heteroatoms. The molecule has 2 heterocycles. The molecule has 0 saturated heterocycles. The van der Waals surface area contributed by atoms with Gasteiger partial charge in [0.2, 0.25) is 5.91 Å². The summed E-state index contributed by atoms with van der Waals surface area (Å²) >= 11 is 0. The highest BCUT2D eigenvalue weighted by atomic mass is 16.5. The van der Waals surface area contributed by atoms with E-state index in [9.17, 15) is 9.59 Å². The van der Waals surface area contributed by atoms with Crippen molar-refractivity contribution >= 4 is 11.8 Å². The van der Waals surface area contributed by atoms with E-state index in [0.29, 0.717) is 24.5 Å². The van der Waals surface area contributed by atoms with Crippen LogP contribution in [-0.2, 0) is 17.9 Å². The molecule has 1 fully saturated rings. The quantitative estimate of drug-likeness (QED) is 0.507. The highest BCUT2D eigenvalue weighted by molar-refractivity contribution is 6.00. The van der Waals surface area contributed by atoms with Crippen LogP contribution in [-0.4, -0.2) is 45.2 Å². The van der Waals surface area contributed by atoms with Gasteiger partial charge in [-0.2, -0.15) is 5.10 Å². The summed E-state index contributed by atoms with van der Waals surface area (Å²) < 4.78 is 6.97. The number of ether oxygens (including phenoxy) is 1. The molecule has 1 aliphatic heterocycles. The Kier molecular flexibility index (Phi) is 6.81. The Morgan fingerprint density at radius 1 is 1.06 bits per heavy atom. The van der Waals surface area contributed by atoms with Gasteiger partial charge in [0.05, 0.1) is 19.3 Å². The minimum atomic E-state index is -1.06. The maximum atomic E-state index is 13.9. The maximum absolute atomic E-state index is 13.9. The van der Waals surface area contributed by atoms with Gasteiger partial charge in [0.1, 0.15) is 17.0 Å². The number of nitrogens with one attached hydrogen (secondary N) is 1. The lowest BCUT2D eigenvalue weighted by Crippen LogP contribution is -2.64. The molecule has 5 rings (SSSR count). The molecule has 2 amide bonds. The Balaban J connectivity index is 1.48. The van der Waals surface area contributed by atoms with Crippen molar-refractivity contribution in [2.45, 2.75) is 70.1 Å². The smallest absolute Gasteiger partial charge is 0.273 e. The van der Waals surface area contributed by atoms with Crippen molar-refractivity contribution in [2.75, 3.05) is 7.11 Å². The third-order valence-corrected chi connectivity index (χ3v) is 7.55. The van der Waals surface area contributed by atoms with Crippen molar-refractivity contribution in [3.63, 3.8) is 0 Å². The fourth-order valence-corrected chi connectivity index (χ4v) is 5.32. The Morgan fingerprint density at radius 2 is 1.75 bits per heavy atom. The molecule has 1 aliphatic carbocycles. The fourth-order valence-electron chi connectivity index (χ4n) is 5.32. The van der Waals surface area contributed by atoms with E-state index in [0.717, 1.165) is 42.6 Å². The van der Waals surface area contributed by atoms with Gasteiger partial charge in [-0.05, 0) is 55.7 Å². The number of fused-ring (bicyclic) bond motifs is 1. The molecule has 0 spiro atoms. The third kappa shape index (κ3) is 4.74. The SMILES string of the molecule is COc1ccc(-c2cc3n(n2)C[C@@](C)(C(=O)NC2CCCCCC2)N(Cc2ccccc2)C3=O)cc1. The van der Waals surface area contributed by atoms with Crippen LogP contribution in [0.4, 0.5) is 0 Å². The second-order valence-corrected chi connectivity index (χ2v) is 10.1. The second-order valence-electron chi connectivity index (χ2n) is 10.1. The standard InChI is InChI=1S/C29H34N4O3/c1-29(28(35)30-23-12-8-3-4-9-13-23)20-33-26(27(34)32(29)19-21-10-6-5-7-11-21)18-25(31-33)22-14-16-24(36-2)17-15-22/h5-7,10-11,14-18,23H,3-4,8-9,12-13,19-20H2,1-2H3,(H,30,35)/t29-/m0/s1. The molecule has 0 bridgehead atoms. The summed E-state index contributed by atoms with van der Waals surface area (Å²) in [4.78, 5) is 29.5. The number of benzene rings is 2. The Labute approximate surface area is 212 Å². The zero-order valence-electron chi connectivity index (χ0n) is 21.1. The van der Waals surface area contributed by atoms with Crippen LogP contribution >= 0.6 is 0 Å². The van der Waals surface area contributed by atoms with Gasteiger partial charge in [0.15, 0.2) is 0 Å². The van der Waals surface area contributed by atoms with Crippen molar-refractivity contribution in [3.05, 3.63) is 71.9 Å². The van der Waals surface area contributed by atoms with Crippen LogP contribution in [0.5, 0.6) is 5.75 Å². The fraction of sp³-hybridized carbons (Fsp3) is 0.414. The lowest BCUT2D eigenvalue weighted by Gasteiger charge is -2.44. The first-order valence-corrected chi connectivity index (χ1v) is 12.9. The third-order valence-electron chi connectivity index (χ3n) is 7.55. The highest BCUT2D eigenvalue weighted by Crippen LogP contribution is 2.32. The summed E-state index contributed by atoms with van der Waals surface area (Å²) in [7, 11) is 1.63. The van der Waals surface area contributed by atoms with Crippen LogP contribution in [0.1, 0.15) is 61.5 Å². The number of hydrogen-bond donors (Lipinski definition) is 1. The van der Waals surface area contributed by atoms with E-state index in [1.807, 2.05) is 67.6 Å². The van der Waals surface area contributed by atoms with Gasteiger partial charge in [-0.15, -0.1) is 0 Å². The summed E-state index contributed by atoms with van der Waals surface area (Å²) in [5.74, 6) is 0.470. The molecule has 1 N–H and O–H groups in total. The summed E-state index contributed by atoms with van der Waals surface area (Å²) in [6, 6.07) is 19.4. The van der Waals surface area contributed by atoms with E-state index >= 15 is 0 Å². The average molecular weight is 487 g/mol. The number of carbonyl (C=O) groups excluding carboxylic acids is 2. The Bertz CT molecular complexity index is 1210. The number of carbonyl (C=O) groups is 2. The van der Waals surface area contributed by atoms with Crippen LogP contribution in [0.25, 0.3) is 11.3 Å². The van der Waals surface area contributed by atoms with Crippen LogP contribution in [0, 0.1) is 0 Å². The summed E-state index contributed by atoms with van der Waals surface area (Å²) in [5, 5.41) is 8.06. The average Bonchev–Trinajstić information content (AvgIpc) is 3.15.